The number of benzene rings is 2. The predicted octanol–water partition coefficient (Wildman–Crippen LogP) is 4.14. The van der Waals surface area contributed by atoms with Gasteiger partial charge in [0.2, 0.25) is 5.91 Å². The van der Waals surface area contributed by atoms with E-state index in [4.69, 9.17) is 15.2 Å². The topological polar surface area (TPSA) is 153 Å². The van der Waals surface area contributed by atoms with Crippen LogP contribution < -0.4 is 15.6 Å². The molecule has 2 heterocycles. The first-order valence-corrected chi connectivity index (χ1v) is 13.4. The molecule has 0 saturated heterocycles. The number of pyridine rings is 1. The number of aryl methyl sites for hydroxylation is 2. The minimum Gasteiger partial charge on any atom is -0.404 e. The summed E-state index contributed by atoms with van der Waals surface area (Å²) < 4.78 is 18.2. The van der Waals surface area contributed by atoms with Gasteiger partial charge in [0.1, 0.15) is 17.1 Å². The first-order chi connectivity index (χ1) is 17.6. The van der Waals surface area contributed by atoms with Crippen LogP contribution >= 0.6 is 7.82 Å². The smallest absolute Gasteiger partial charge is 0.404 e. The minimum atomic E-state index is -4.66. The number of anilines is 1. The van der Waals surface area contributed by atoms with Gasteiger partial charge in [0.15, 0.2) is 5.82 Å². The van der Waals surface area contributed by atoms with Gasteiger partial charge in [-0.3, -0.25) is 14.6 Å². The van der Waals surface area contributed by atoms with Crippen LogP contribution in [0.5, 0.6) is 5.75 Å². The number of nitrogens with zero attached hydrogens (tertiary/aromatic N) is 3. The Bertz CT molecular complexity index is 1540. The normalized spacial score (nSPS) is 11.7. The van der Waals surface area contributed by atoms with Gasteiger partial charge < -0.3 is 20.1 Å². The number of carbonyl (C=O) groups excluding carboxylic acids is 1. The molecule has 11 heteroatoms. The van der Waals surface area contributed by atoms with E-state index in [1.807, 2.05) is 24.3 Å². The third-order valence-electron chi connectivity index (χ3n) is 6.05. The van der Waals surface area contributed by atoms with E-state index in [2.05, 4.69) is 28.4 Å². The van der Waals surface area contributed by atoms with Crippen LogP contribution in [0, 0.1) is 6.92 Å². The highest BCUT2D eigenvalue weighted by molar-refractivity contribution is 7.46. The van der Waals surface area contributed by atoms with Gasteiger partial charge in [0.25, 0.3) is 0 Å². The fourth-order valence-corrected chi connectivity index (χ4v) is 4.76. The number of hydrogen-bond acceptors (Lipinski definition) is 6. The van der Waals surface area contributed by atoms with Gasteiger partial charge in [-0.2, -0.15) is 0 Å². The number of rotatable bonds is 10. The molecule has 0 atom stereocenters. The number of aromatic nitrogens is 3. The Kier molecular flexibility index (Phi) is 7.63. The zero-order valence-corrected chi connectivity index (χ0v) is 21.7. The standard InChI is InChI=1S/C26H30N5O5P/c1-4-6-7-22-30-24-25(31(22)15-18-9-11-21(16(3)12-18)36-37(33,34)35)19-13-17(14-28-23(32)5-2)8-10-20(19)29-26(24)27/h5,8-13H,2,4,6-7,14-15H2,1,3H3,(H2,27,29)(H,28,32)(H2,33,34,35). The third kappa shape index (κ3) is 5.99. The van der Waals surface area contributed by atoms with E-state index in [9.17, 15) is 19.1 Å². The molecule has 0 aliphatic carbocycles. The summed E-state index contributed by atoms with van der Waals surface area (Å²) in [4.78, 5) is 39.4. The maximum absolute atomic E-state index is 11.7. The summed E-state index contributed by atoms with van der Waals surface area (Å²) in [5, 5.41) is 3.66. The lowest BCUT2D eigenvalue weighted by molar-refractivity contribution is -0.116. The zero-order valence-electron chi connectivity index (χ0n) is 20.8. The number of phosphoric ester groups is 1. The highest BCUT2D eigenvalue weighted by Crippen LogP contribution is 2.39. The van der Waals surface area contributed by atoms with E-state index < -0.39 is 7.82 Å². The van der Waals surface area contributed by atoms with Crippen LogP contribution in [-0.4, -0.2) is 30.2 Å². The molecule has 194 valence electrons. The number of nitrogen functional groups attached to an aromatic ring is 1. The number of carbonyl (C=O) groups is 1. The van der Waals surface area contributed by atoms with Crippen molar-refractivity contribution in [1.82, 2.24) is 19.9 Å². The van der Waals surface area contributed by atoms with Gasteiger partial charge in [-0.05, 0) is 54.3 Å². The summed E-state index contributed by atoms with van der Waals surface area (Å²) in [6.07, 6.45) is 3.92. The molecule has 0 aliphatic heterocycles. The van der Waals surface area contributed by atoms with Crippen LogP contribution in [0.1, 0.15) is 42.3 Å². The maximum atomic E-state index is 11.7. The lowest BCUT2D eigenvalue weighted by atomic mass is 10.1. The van der Waals surface area contributed by atoms with E-state index in [1.165, 1.54) is 6.08 Å². The molecule has 4 rings (SSSR count). The Morgan fingerprint density at radius 3 is 2.65 bits per heavy atom. The van der Waals surface area contributed by atoms with Crippen molar-refractivity contribution >= 4 is 41.5 Å². The van der Waals surface area contributed by atoms with E-state index in [-0.39, 0.29) is 11.7 Å². The van der Waals surface area contributed by atoms with Crippen molar-refractivity contribution in [3.63, 3.8) is 0 Å². The average molecular weight is 524 g/mol. The molecule has 0 radical (unpaired) electrons. The van der Waals surface area contributed by atoms with Crippen molar-refractivity contribution in [2.45, 2.75) is 46.2 Å². The van der Waals surface area contributed by atoms with Crippen LogP contribution in [0.3, 0.4) is 0 Å². The van der Waals surface area contributed by atoms with Gasteiger partial charge in [0, 0.05) is 24.9 Å². The Morgan fingerprint density at radius 2 is 1.97 bits per heavy atom. The number of nitrogens with one attached hydrogen (secondary N) is 1. The highest BCUT2D eigenvalue weighted by Gasteiger charge is 2.20. The van der Waals surface area contributed by atoms with Crippen molar-refractivity contribution in [2.75, 3.05) is 5.73 Å². The summed E-state index contributed by atoms with van der Waals surface area (Å²) in [6.45, 7) is 8.14. The molecule has 10 nitrogen and oxygen atoms in total. The molecule has 0 fully saturated rings. The van der Waals surface area contributed by atoms with E-state index in [1.54, 1.807) is 19.1 Å². The SMILES string of the molecule is C=CC(=O)NCc1ccc2nc(N)c3nc(CCCC)n(Cc4ccc(OP(=O)(O)O)c(C)c4)c3c2c1. The van der Waals surface area contributed by atoms with Gasteiger partial charge in [-0.25, -0.2) is 14.5 Å². The molecule has 1 amide bonds. The molecule has 2 aromatic carbocycles. The Balaban J connectivity index is 1.84. The lowest BCUT2D eigenvalue weighted by Gasteiger charge is -2.14. The molecular weight excluding hydrogens is 493 g/mol. The van der Waals surface area contributed by atoms with Crippen molar-refractivity contribution in [3.05, 3.63) is 71.6 Å². The number of nitrogens with two attached hydrogens (primary N) is 1. The van der Waals surface area contributed by atoms with Crippen molar-refractivity contribution < 1.29 is 23.7 Å². The van der Waals surface area contributed by atoms with Crippen molar-refractivity contribution in [2.24, 2.45) is 0 Å². The molecule has 0 saturated carbocycles. The molecule has 4 aromatic rings. The minimum absolute atomic E-state index is 0.129. The highest BCUT2D eigenvalue weighted by atomic mass is 31.2. The third-order valence-corrected chi connectivity index (χ3v) is 6.48. The monoisotopic (exact) mass is 523 g/mol. The summed E-state index contributed by atoms with van der Waals surface area (Å²) >= 11 is 0. The summed E-state index contributed by atoms with van der Waals surface area (Å²) in [5.41, 5.74) is 10.9. The molecule has 5 N–H and O–H groups in total. The zero-order chi connectivity index (χ0) is 26.7. The van der Waals surface area contributed by atoms with E-state index >= 15 is 0 Å². The molecule has 0 unspecified atom stereocenters. The molecule has 0 bridgehead atoms. The van der Waals surface area contributed by atoms with Gasteiger partial charge in [-0.15, -0.1) is 0 Å². The quantitative estimate of drug-likeness (QED) is 0.179. The molecular formula is C26H30N5O5P. The number of hydrogen-bond donors (Lipinski definition) is 4. The molecule has 2 aromatic heterocycles. The van der Waals surface area contributed by atoms with Crippen LogP contribution in [0.25, 0.3) is 21.9 Å². The fraction of sp³-hybridized carbons (Fsp3) is 0.269. The van der Waals surface area contributed by atoms with E-state index in [0.29, 0.717) is 35.5 Å². The summed E-state index contributed by atoms with van der Waals surface area (Å²) in [5.74, 6) is 1.09. The Labute approximate surface area is 214 Å². The van der Waals surface area contributed by atoms with Gasteiger partial charge in [0.05, 0.1) is 11.0 Å². The number of unbranched alkanes of at least 4 members (excludes halogenated alkanes) is 1. The largest absolute Gasteiger partial charge is 0.524 e. The summed E-state index contributed by atoms with van der Waals surface area (Å²) in [6, 6.07) is 10.9. The van der Waals surface area contributed by atoms with Crippen molar-refractivity contribution in [3.8, 4) is 5.75 Å². The second-order valence-corrected chi connectivity index (χ2v) is 10.0. The van der Waals surface area contributed by atoms with Crippen LogP contribution in [0.4, 0.5) is 5.82 Å². The summed E-state index contributed by atoms with van der Waals surface area (Å²) in [7, 11) is -4.66. The van der Waals surface area contributed by atoms with Gasteiger partial charge in [-0.1, -0.05) is 38.1 Å². The lowest BCUT2D eigenvalue weighted by Crippen LogP contribution is -2.19. The fourth-order valence-electron chi connectivity index (χ4n) is 4.29. The van der Waals surface area contributed by atoms with Crippen LogP contribution in [0.15, 0.2) is 49.1 Å². The first-order valence-electron chi connectivity index (χ1n) is 11.9. The van der Waals surface area contributed by atoms with Crippen LogP contribution in [-0.2, 0) is 28.9 Å². The van der Waals surface area contributed by atoms with Crippen LogP contribution in [0.2, 0.25) is 0 Å². The second-order valence-electron chi connectivity index (χ2n) is 8.87. The first kappa shape index (κ1) is 26.3. The number of amides is 1. The molecule has 37 heavy (non-hydrogen) atoms. The average Bonchev–Trinajstić information content (AvgIpc) is 3.21. The molecule has 0 aliphatic rings. The van der Waals surface area contributed by atoms with Crippen molar-refractivity contribution in [1.29, 1.82) is 0 Å². The van der Waals surface area contributed by atoms with E-state index in [0.717, 1.165) is 47.1 Å². The maximum Gasteiger partial charge on any atom is 0.524 e. The Morgan fingerprint density at radius 1 is 1.22 bits per heavy atom. The number of phosphoric acid groups is 1. The number of imidazole rings is 1. The van der Waals surface area contributed by atoms with Gasteiger partial charge >= 0.3 is 7.82 Å². The molecule has 0 spiro atoms. The number of fused-ring (bicyclic) bond motifs is 3. The second kappa shape index (κ2) is 10.7. The Hall–Kier alpha value is -3.72. The predicted molar refractivity (Wildman–Crippen MR) is 143 cm³/mol.